The van der Waals surface area contributed by atoms with Crippen LogP contribution < -0.4 is 0 Å². The molecule has 0 spiro atoms. The Kier molecular flexibility index (Phi) is 4.94. The van der Waals surface area contributed by atoms with Crippen molar-refractivity contribution in [2.45, 2.75) is 10.8 Å². The number of halogens is 2. The van der Waals surface area contributed by atoms with Gasteiger partial charge in [-0.25, -0.2) is 0 Å². The average Bonchev–Trinajstić information content (AvgIpc) is 2.53. The maximum Gasteiger partial charge on any atom is 0.182 e. The van der Waals surface area contributed by atoms with E-state index in [1.807, 2.05) is 0 Å². The lowest BCUT2D eigenvalue weighted by molar-refractivity contribution is 0.0926. The van der Waals surface area contributed by atoms with E-state index in [-0.39, 0.29) is 11.6 Å². The van der Waals surface area contributed by atoms with Crippen LogP contribution in [0.25, 0.3) is 0 Å². The van der Waals surface area contributed by atoms with Crippen molar-refractivity contribution < 1.29 is 9.59 Å². The van der Waals surface area contributed by atoms with Crippen molar-refractivity contribution in [1.29, 1.82) is 0 Å². The quantitative estimate of drug-likeness (QED) is 0.619. The van der Waals surface area contributed by atoms with Crippen LogP contribution in [-0.2, 0) is 0 Å². The zero-order valence-electron chi connectivity index (χ0n) is 10.5. The van der Waals surface area contributed by atoms with Crippen LogP contribution in [0, 0.1) is 0 Å². The maximum atomic E-state index is 12.2. The highest BCUT2D eigenvalue weighted by Crippen LogP contribution is 2.20. The van der Waals surface area contributed by atoms with Crippen molar-refractivity contribution in [3.8, 4) is 0 Å². The average molecular weight is 307 g/mol. The molecule has 20 heavy (non-hydrogen) atoms. The number of hydrogen-bond acceptors (Lipinski definition) is 2. The van der Waals surface area contributed by atoms with E-state index < -0.39 is 10.8 Å². The molecule has 2 aromatic rings. The summed E-state index contributed by atoms with van der Waals surface area (Å²) < 4.78 is 0. The summed E-state index contributed by atoms with van der Waals surface area (Å²) in [4.78, 5) is 24.3. The van der Waals surface area contributed by atoms with Crippen LogP contribution in [-0.4, -0.2) is 22.3 Å². The van der Waals surface area contributed by atoms with Gasteiger partial charge in [-0.15, -0.1) is 23.2 Å². The predicted molar refractivity (Wildman–Crippen MR) is 80.8 cm³/mol. The van der Waals surface area contributed by atoms with Crippen LogP contribution in [0.2, 0.25) is 0 Å². The van der Waals surface area contributed by atoms with E-state index in [0.29, 0.717) is 11.1 Å². The summed E-state index contributed by atoms with van der Waals surface area (Å²) in [5.41, 5.74) is 0.887. The van der Waals surface area contributed by atoms with E-state index >= 15 is 0 Å². The Morgan fingerprint density at radius 3 is 1.25 bits per heavy atom. The Bertz CT molecular complexity index is 541. The Balaban J connectivity index is 2.15. The van der Waals surface area contributed by atoms with Gasteiger partial charge in [0, 0.05) is 11.1 Å². The van der Waals surface area contributed by atoms with Crippen molar-refractivity contribution in [1.82, 2.24) is 0 Å². The first-order chi connectivity index (χ1) is 9.61. The first-order valence-electron chi connectivity index (χ1n) is 6.08. The molecule has 4 heteroatoms. The van der Waals surface area contributed by atoms with Gasteiger partial charge in [-0.2, -0.15) is 0 Å². The van der Waals surface area contributed by atoms with Crippen molar-refractivity contribution in [3.05, 3.63) is 71.8 Å². The number of Topliss-reactive ketones (excluding diaryl/α,β-unsaturated/α-hetero) is 2. The van der Waals surface area contributed by atoms with Crippen molar-refractivity contribution in [2.24, 2.45) is 0 Å². The van der Waals surface area contributed by atoms with Gasteiger partial charge in [-0.3, -0.25) is 9.59 Å². The fraction of sp³-hybridized carbons (Fsp3) is 0.125. The van der Waals surface area contributed by atoms with Gasteiger partial charge in [0.05, 0.1) is 0 Å². The summed E-state index contributed by atoms with van der Waals surface area (Å²) in [6.45, 7) is 0. The zero-order chi connectivity index (χ0) is 14.5. The van der Waals surface area contributed by atoms with Gasteiger partial charge >= 0.3 is 0 Å². The molecule has 0 fully saturated rings. The predicted octanol–water partition coefficient (Wildman–Crippen LogP) is 3.97. The molecule has 2 atom stereocenters. The van der Waals surface area contributed by atoms with Crippen LogP contribution in [0.5, 0.6) is 0 Å². The van der Waals surface area contributed by atoms with E-state index in [4.69, 9.17) is 23.2 Å². The summed E-state index contributed by atoms with van der Waals surface area (Å²) in [6, 6.07) is 17.1. The number of carbonyl (C=O) groups is 2. The number of hydrogen-bond donors (Lipinski definition) is 0. The molecule has 0 radical (unpaired) electrons. The molecule has 0 amide bonds. The molecule has 2 rings (SSSR count). The summed E-state index contributed by atoms with van der Waals surface area (Å²) in [5, 5.41) is -2.18. The number of ketones is 2. The molecule has 0 N–H and O–H groups in total. The van der Waals surface area contributed by atoms with Gasteiger partial charge in [0.2, 0.25) is 0 Å². The highest BCUT2D eigenvalue weighted by Gasteiger charge is 2.31. The summed E-state index contributed by atoms with van der Waals surface area (Å²) >= 11 is 12.1. The minimum atomic E-state index is -1.09. The maximum absolute atomic E-state index is 12.2. The van der Waals surface area contributed by atoms with Crippen molar-refractivity contribution >= 4 is 34.8 Å². The fourth-order valence-corrected chi connectivity index (χ4v) is 2.27. The molecule has 0 aromatic heterocycles. The Hall–Kier alpha value is -1.64. The molecule has 102 valence electrons. The topological polar surface area (TPSA) is 34.1 Å². The molecular formula is C16H12Cl2O2. The minimum Gasteiger partial charge on any atom is -0.292 e. The molecule has 0 aliphatic rings. The summed E-state index contributed by atoms with van der Waals surface area (Å²) in [6.07, 6.45) is 0. The molecule has 0 saturated carbocycles. The summed E-state index contributed by atoms with van der Waals surface area (Å²) in [5.74, 6) is -0.701. The zero-order valence-corrected chi connectivity index (χ0v) is 12.0. The Morgan fingerprint density at radius 1 is 0.650 bits per heavy atom. The minimum absolute atomic E-state index is 0.350. The van der Waals surface area contributed by atoms with Gasteiger partial charge in [-0.05, 0) is 0 Å². The second kappa shape index (κ2) is 6.69. The highest BCUT2D eigenvalue weighted by molar-refractivity contribution is 6.46. The standard InChI is InChI=1S/C16H12Cl2O2/c17-13(15(19)11-7-3-1-4-8-11)14(18)16(20)12-9-5-2-6-10-12/h1-10,13-14H/t13-,14-/m1/s1. The van der Waals surface area contributed by atoms with Gasteiger partial charge in [-0.1, -0.05) is 60.7 Å². The molecule has 0 aliphatic carbocycles. The van der Waals surface area contributed by atoms with Crippen LogP contribution in [0.4, 0.5) is 0 Å². The van der Waals surface area contributed by atoms with Crippen LogP contribution in [0.3, 0.4) is 0 Å². The highest BCUT2D eigenvalue weighted by atomic mass is 35.5. The first-order valence-corrected chi connectivity index (χ1v) is 6.95. The molecule has 0 bridgehead atoms. The molecule has 0 heterocycles. The second-order valence-electron chi connectivity index (χ2n) is 4.26. The smallest absolute Gasteiger partial charge is 0.182 e. The lowest BCUT2D eigenvalue weighted by atomic mass is 10.0. The largest absolute Gasteiger partial charge is 0.292 e. The van der Waals surface area contributed by atoms with E-state index in [1.54, 1.807) is 60.7 Å². The Morgan fingerprint density at radius 2 is 0.950 bits per heavy atom. The Labute approximate surface area is 127 Å². The lowest BCUT2D eigenvalue weighted by Gasteiger charge is -2.14. The van der Waals surface area contributed by atoms with Gasteiger partial charge < -0.3 is 0 Å². The van der Waals surface area contributed by atoms with Gasteiger partial charge in [0.25, 0.3) is 0 Å². The van der Waals surface area contributed by atoms with Gasteiger partial charge in [0.15, 0.2) is 11.6 Å². The third-order valence-electron chi connectivity index (χ3n) is 2.87. The number of rotatable bonds is 5. The summed E-state index contributed by atoms with van der Waals surface area (Å²) in [7, 11) is 0. The molecular weight excluding hydrogens is 295 g/mol. The van der Waals surface area contributed by atoms with Crippen molar-refractivity contribution in [3.63, 3.8) is 0 Å². The first kappa shape index (κ1) is 14.8. The van der Waals surface area contributed by atoms with E-state index in [2.05, 4.69) is 0 Å². The van der Waals surface area contributed by atoms with Crippen LogP contribution in [0.15, 0.2) is 60.7 Å². The normalized spacial score (nSPS) is 13.5. The van der Waals surface area contributed by atoms with Crippen LogP contribution in [0.1, 0.15) is 20.7 Å². The third-order valence-corrected chi connectivity index (χ3v) is 3.90. The molecule has 0 unspecified atom stereocenters. The van der Waals surface area contributed by atoms with Gasteiger partial charge in [0.1, 0.15) is 10.8 Å². The fourth-order valence-electron chi connectivity index (χ4n) is 1.79. The SMILES string of the molecule is O=C(c1ccccc1)[C@H](Cl)[C@@H](Cl)C(=O)c1ccccc1. The van der Waals surface area contributed by atoms with Crippen molar-refractivity contribution in [2.75, 3.05) is 0 Å². The monoisotopic (exact) mass is 306 g/mol. The van der Waals surface area contributed by atoms with E-state index in [1.165, 1.54) is 0 Å². The molecule has 0 saturated heterocycles. The number of carbonyl (C=O) groups excluding carboxylic acids is 2. The molecule has 2 nitrogen and oxygen atoms in total. The third kappa shape index (κ3) is 3.27. The van der Waals surface area contributed by atoms with Crippen LogP contribution >= 0.6 is 23.2 Å². The van der Waals surface area contributed by atoms with E-state index in [0.717, 1.165) is 0 Å². The molecule has 0 aliphatic heterocycles. The number of benzene rings is 2. The van der Waals surface area contributed by atoms with E-state index in [9.17, 15) is 9.59 Å². The molecule has 2 aromatic carbocycles. The number of alkyl halides is 2. The lowest BCUT2D eigenvalue weighted by Crippen LogP contribution is -2.31. The second-order valence-corrected chi connectivity index (χ2v) is 5.20.